The van der Waals surface area contributed by atoms with E-state index in [4.69, 9.17) is 0 Å². The predicted octanol–water partition coefficient (Wildman–Crippen LogP) is 5.54. The lowest BCUT2D eigenvalue weighted by Crippen LogP contribution is -1.99. The first-order valence-electron chi connectivity index (χ1n) is 7.59. The second-order valence-electron chi connectivity index (χ2n) is 5.05. The molecule has 23 heavy (non-hydrogen) atoms. The molecule has 1 N–H and O–H groups in total. The summed E-state index contributed by atoms with van der Waals surface area (Å²) in [4.78, 5) is 4.47. The van der Waals surface area contributed by atoms with Crippen LogP contribution in [0.1, 0.15) is 5.56 Å². The van der Waals surface area contributed by atoms with Gasteiger partial charge in [0.05, 0.1) is 5.69 Å². The molecule has 0 aliphatic carbocycles. The second-order valence-corrected chi connectivity index (χ2v) is 5.05. The molecule has 0 spiro atoms. The van der Waals surface area contributed by atoms with Gasteiger partial charge in [-0.3, -0.25) is 4.99 Å². The van der Waals surface area contributed by atoms with Crippen LogP contribution in [0.4, 0.5) is 11.4 Å². The van der Waals surface area contributed by atoms with Crippen LogP contribution in [0.25, 0.3) is 5.70 Å². The molecule has 0 bridgehead atoms. The molecule has 2 heteroatoms. The Morgan fingerprint density at radius 2 is 1.26 bits per heavy atom. The predicted molar refractivity (Wildman–Crippen MR) is 99.1 cm³/mol. The molecule has 3 aromatic carbocycles. The summed E-state index contributed by atoms with van der Waals surface area (Å²) >= 11 is 0. The molecule has 3 aromatic rings. The highest BCUT2D eigenvalue weighted by Crippen LogP contribution is 2.18. The molecule has 0 amide bonds. The van der Waals surface area contributed by atoms with Crippen LogP contribution in [0.3, 0.4) is 0 Å². The molecule has 0 saturated carbocycles. The summed E-state index contributed by atoms with van der Waals surface area (Å²) in [5, 5.41) is 3.45. The minimum absolute atomic E-state index is 0.941. The molecular formula is C21H18N2. The highest BCUT2D eigenvalue weighted by molar-refractivity contribution is 5.90. The van der Waals surface area contributed by atoms with Crippen LogP contribution in [0.2, 0.25) is 0 Å². The molecule has 0 radical (unpaired) electrons. The Hall–Kier alpha value is -3.13. The van der Waals surface area contributed by atoms with Gasteiger partial charge < -0.3 is 5.32 Å². The average molecular weight is 298 g/mol. The van der Waals surface area contributed by atoms with Gasteiger partial charge in [-0.15, -0.1) is 0 Å². The Kier molecular flexibility index (Phi) is 4.99. The number of hydrogen-bond donors (Lipinski definition) is 1. The summed E-state index contributed by atoms with van der Waals surface area (Å²) in [6.07, 6.45) is 3.82. The van der Waals surface area contributed by atoms with Crippen molar-refractivity contribution in [1.82, 2.24) is 0 Å². The lowest BCUT2D eigenvalue weighted by Gasteiger charge is -2.10. The van der Waals surface area contributed by atoms with E-state index in [1.165, 1.54) is 0 Å². The summed E-state index contributed by atoms with van der Waals surface area (Å²) < 4.78 is 0. The van der Waals surface area contributed by atoms with Crippen LogP contribution in [-0.4, -0.2) is 6.21 Å². The second kappa shape index (κ2) is 7.76. The lowest BCUT2D eigenvalue weighted by molar-refractivity contribution is 1.52. The van der Waals surface area contributed by atoms with Crippen molar-refractivity contribution in [3.05, 3.63) is 103 Å². The van der Waals surface area contributed by atoms with Crippen LogP contribution in [0.15, 0.2) is 102 Å². The lowest BCUT2D eigenvalue weighted by atomic mass is 10.1. The van der Waals surface area contributed by atoms with E-state index in [0.717, 1.165) is 22.6 Å². The molecular weight excluding hydrogens is 280 g/mol. The summed E-state index contributed by atoms with van der Waals surface area (Å²) in [5.41, 5.74) is 4.12. The Morgan fingerprint density at radius 1 is 0.696 bits per heavy atom. The van der Waals surface area contributed by atoms with Crippen LogP contribution in [0, 0.1) is 0 Å². The third-order valence-corrected chi connectivity index (χ3v) is 3.36. The number of para-hydroxylation sites is 2. The average Bonchev–Trinajstić information content (AvgIpc) is 2.63. The summed E-state index contributed by atoms with van der Waals surface area (Å²) in [6, 6.07) is 30.3. The van der Waals surface area contributed by atoms with E-state index in [1.54, 1.807) is 0 Å². The Balaban J connectivity index is 1.86. The summed E-state index contributed by atoms with van der Waals surface area (Å²) in [7, 11) is 0. The molecule has 0 fully saturated rings. The summed E-state index contributed by atoms with van der Waals surface area (Å²) in [6.45, 7) is 0. The molecule has 0 aliphatic rings. The molecule has 0 aliphatic heterocycles. The van der Waals surface area contributed by atoms with Gasteiger partial charge in [0.15, 0.2) is 0 Å². The quantitative estimate of drug-likeness (QED) is 0.614. The highest BCUT2D eigenvalue weighted by atomic mass is 14.9. The number of benzene rings is 3. The fraction of sp³-hybridized carbons (Fsp3) is 0. The zero-order valence-electron chi connectivity index (χ0n) is 12.8. The van der Waals surface area contributed by atoms with Crippen molar-refractivity contribution in [3.63, 3.8) is 0 Å². The molecule has 0 saturated heterocycles. The van der Waals surface area contributed by atoms with Crippen molar-refractivity contribution in [1.29, 1.82) is 0 Å². The molecule has 0 heterocycles. The number of nitrogens with one attached hydrogen (secondary N) is 1. The SMILES string of the molecule is C(C=C(Nc1ccccc1)c1ccccc1)=Nc1ccccc1. The highest BCUT2D eigenvalue weighted by Gasteiger charge is 2.00. The van der Waals surface area contributed by atoms with Gasteiger partial charge in [-0.05, 0) is 35.9 Å². The van der Waals surface area contributed by atoms with Crippen molar-refractivity contribution in [2.45, 2.75) is 0 Å². The fourth-order valence-corrected chi connectivity index (χ4v) is 2.22. The first-order valence-corrected chi connectivity index (χ1v) is 7.59. The van der Waals surface area contributed by atoms with Crippen molar-refractivity contribution in [2.24, 2.45) is 4.99 Å². The fourth-order valence-electron chi connectivity index (χ4n) is 2.22. The molecule has 0 atom stereocenters. The number of hydrogen-bond acceptors (Lipinski definition) is 2. The van der Waals surface area contributed by atoms with Gasteiger partial charge in [0.25, 0.3) is 0 Å². The largest absolute Gasteiger partial charge is 0.355 e. The Morgan fingerprint density at radius 3 is 1.91 bits per heavy atom. The molecule has 0 unspecified atom stereocenters. The Bertz CT molecular complexity index is 776. The zero-order chi connectivity index (χ0) is 15.7. The minimum Gasteiger partial charge on any atom is -0.355 e. The Labute approximate surface area is 136 Å². The van der Waals surface area contributed by atoms with E-state index in [9.17, 15) is 0 Å². The first kappa shape index (κ1) is 14.8. The standard InChI is InChI=1S/C21H18N2/c1-4-10-18(11-5-1)21(23-20-14-8-3-9-15-20)16-17-22-19-12-6-2-7-13-19/h1-17,23H. The number of aliphatic imine (C=N–C) groups is 1. The van der Waals surface area contributed by atoms with E-state index >= 15 is 0 Å². The van der Waals surface area contributed by atoms with Gasteiger partial charge >= 0.3 is 0 Å². The van der Waals surface area contributed by atoms with Crippen molar-refractivity contribution < 1.29 is 0 Å². The maximum absolute atomic E-state index is 4.47. The van der Waals surface area contributed by atoms with Gasteiger partial charge in [0.1, 0.15) is 0 Å². The maximum Gasteiger partial charge on any atom is 0.0629 e. The number of anilines is 1. The smallest absolute Gasteiger partial charge is 0.0629 e. The maximum atomic E-state index is 4.47. The number of allylic oxidation sites excluding steroid dienone is 1. The third kappa shape index (κ3) is 4.42. The normalized spacial score (nSPS) is 11.6. The number of rotatable bonds is 5. The molecule has 112 valence electrons. The topological polar surface area (TPSA) is 24.4 Å². The van der Waals surface area contributed by atoms with Crippen LogP contribution in [0.5, 0.6) is 0 Å². The minimum atomic E-state index is 0.941. The van der Waals surface area contributed by atoms with E-state index < -0.39 is 0 Å². The summed E-state index contributed by atoms with van der Waals surface area (Å²) in [5.74, 6) is 0. The van der Waals surface area contributed by atoms with Gasteiger partial charge in [-0.1, -0.05) is 66.7 Å². The van der Waals surface area contributed by atoms with Gasteiger partial charge in [-0.25, -0.2) is 0 Å². The van der Waals surface area contributed by atoms with Crippen LogP contribution >= 0.6 is 0 Å². The molecule has 2 nitrogen and oxygen atoms in total. The van der Waals surface area contributed by atoms with Crippen molar-refractivity contribution >= 4 is 23.3 Å². The van der Waals surface area contributed by atoms with Crippen LogP contribution in [-0.2, 0) is 0 Å². The third-order valence-electron chi connectivity index (χ3n) is 3.36. The van der Waals surface area contributed by atoms with E-state index in [0.29, 0.717) is 0 Å². The van der Waals surface area contributed by atoms with E-state index in [-0.39, 0.29) is 0 Å². The van der Waals surface area contributed by atoms with Gasteiger partial charge in [0, 0.05) is 17.6 Å². The molecule has 3 rings (SSSR count). The number of nitrogens with zero attached hydrogens (tertiary/aromatic N) is 1. The van der Waals surface area contributed by atoms with Gasteiger partial charge in [-0.2, -0.15) is 0 Å². The zero-order valence-corrected chi connectivity index (χ0v) is 12.8. The van der Waals surface area contributed by atoms with Crippen molar-refractivity contribution in [2.75, 3.05) is 5.32 Å². The first-order chi connectivity index (χ1) is 11.4. The van der Waals surface area contributed by atoms with E-state index in [2.05, 4.69) is 22.4 Å². The van der Waals surface area contributed by atoms with Crippen molar-refractivity contribution in [3.8, 4) is 0 Å². The van der Waals surface area contributed by atoms with E-state index in [1.807, 2.05) is 91.2 Å². The van der Waals surface area contributed by atoms with Gasteiger partial charge in [0.2, 0.25) is 0 Å². The molecule has 0 aromatic heterocycles. The monoisotopic (exact) mass is 298 g/mol. The van der Waals surface area contributed by atoms with Crippen LogP contribution < -0.4 is 5.32 Å².